The SMILES string of the molecule is CC[C@H](C)[C@H](N)c1o[nH]c(=O)c1C. The van der Waals surface area contributed by atoms with E-state index in [1.807, 2.05) is 6.92 Å². The first-order chi connectivity index (χ1) is 6.07. The third-order valence-electron chi connectivity index (χ3n) is 2.52. The molecule has 4 nitrogen and oxygen atoms in total. The van der Waals surface area contributed by atoms with Crippen LogP contribution in [0.25, 0.3) is 0 Å². The zero-order valence-corrected chi connectivity index (χ0v) is 8.26. The van der Waals surface area contributed by atoms with Gasteiger partial charge in [-0.3, -0.25) is 4.79 Å². The average Bonchev–Trinajstić information content (AvgIpc) is 2.45. The Labute approximate surface area is 77.1 Å². The van der Waals surface area contributed by atoms with Crippen LogP contribution < -0.4 is 11.3 Å². The van der Waals surface area contributed by atoms with Crippen molar-refractivity contribution in [3.8, 4) is 0 Å². The Morgan fingerprint density at radius 3 is 2.62 bits per heavy atom. The van der Waals surface area contributed by atoms with E-state index in [2.05, 4.69) is 12.1 Å². The lowest BCUT2D eigenvalue weighted by atomic mass is 9.96. The molecule has 0 aliphatic rings. The van der Waals surface area contributed by atoms with Crippen LogP contribution in [0.4, 0.5) is 0 Å². The molecule has 74 valence electrons. The van der Waals surface area contributed by atoms with Crippen molar-refractivity contribution in [2.24, 2.45) is 11.7 Å². The lowest BCUT2D eigenvalue weighted by Crippen LogP contribution is -2.19. The number of rotatable bonds is 3. The summed E-state index contributed by atoms with van der Waals surface area (Å²) >= 11 is 0. The maximum atomic E-state index is 11.1. The summed E-state index contributed by atoms with van der Waals surface area (Å²) in [5, 5.41) is 2.29. The number of aromatic nitrogens is 1. The van der Waals surface area contributed by atoms with E-state index in [0.29, 0.717) is 17.2 Å². The molecule has 3 N–H and O–H groups in total. The highest BCUT2D eigenvalue weighted by Crippen LogP contribution is 2.22. The van der Waals surface area contributed by atoms with Gasteiger partial charge >= 0.3 is 0 Å². The van der Waals surface area contributed by atoms with Gasteiger partial charge in [-0.15, -0.1) is 0 Å². The minimum Gasteiger partial charge on any atom is -0.382 e. The van der Waals surface area contributed by atoms with Crippen LogP contribution in [-0.2, 0) is 0 Å². The van der Waals surface area contributed by atoms with Gasteiger partial charge in [0.2, 0.25) is 0 Å². The average molecular weight is 184 g/mol. The smallest absolute Gasteiger partial charge is 0.283 e. The Morgan fingerprint density at radius 1 is 1.62 bits per heavy atom. The molecular weight excluding hydrogens is 168 g/mol. The van der Waals surface area contributed by atoms with Crippen LogP contribution >= 0.6 is 0 Å². The van der Waals surface area contributed by atoms with Gasteiger partial charge in [-0.05, 0) is 12.8 Å². The molecular formula is C9H16N2O2. The summed E-state index contributed by atoms with van der Waals surface area (Å²) in [6, 6.07) is -0.191. The minimum atomic E-state index is -0.191. The third kappa shape index (κ3) is 1.83. The number of aromatic amines is 1. The van der Waals surface area contributed by atoms with Crippen molar-refractivity contribution >= 4 is 0 Å². The van der Waals surface area contributed by atoms with Crippen LogP contribution in [0.5, 0.6) is 0 Å². The predicted octanol–water partition coefficient (Wildman–Crippen LogP) is 1.32. The van der Waals surface area contributed by atoms with Crippen molar-refractivity contribution in [2.45, 2.75) is 33.2 Å². The number of hydrogen-bond donors (Lipinski definition) is 2. The zero-order valence-electron chi connectivity index (χ0n) is 8.26. The maximum absolute atomic E-state index is 11.1. The van der Waals surface area contributed by atoms with Crippen molar-refractivity contribution in [3.63, 3.8) is 0 Å². The molecule has 0 radical (unpaired) electrons. The highest BCUT2D eigenvalue weighted by atomic mass is 16.5. The largest absolute Gasteiger partial charge is 0.382 e. The zero-order chi connectivity index (χ0) is 10.0. The molecule has 2 atom stereocenters. The lowest BCUT2D eigenvalue weighted by Gasteiger charge is -2.15. The first-order valence-corrected chi connectivity index (χ1v) is 4.51. The second-order valence-corrected chi connectivity index (χ2v) is 3.43. The Hall–Kier alpha value is -1.03. The Bertz CT molecular complexity index is 327. The molecule has 0 amide bonds. The molecule has 1 aromatic heterocycles. The summed E-state index contributed by atoms with van der Waals surface area (Å²) in [6.07, 6.45) is 0.968. The normalized spacial score (nSPS) is 15.7. The monoisotopic (exact) mass is 184 g/mol. The van der Waals surface area contributed by atoms with Crippen molar-refractivity contribution in [2.75, 3.05) is 0 Å². The minimum absolute atomic E-state index is 0.186. The summed E-state index contributed by atoms with van der Waals surface area (Å²) in [5.74, 6) is 0.900. The fourth-order valence-corrected chi connectivity index (χ4v) is 1.20. The van der Waals surface area contributed by atoms with Gasteiger partial charge in [0.1, 0.15) is 0 Å². The molecule has 1 rings (SSSR count). The Kier molecular flexibility index (Phi) is 2.93. The first kappa shape index (κ1) is 10.1. The molecule has 0 unspecified atom stereocenters. The van der Waals surface area contributed by atoms with E-state index in [-0.39, 0.29) is 11.6 Å². The van der Waals surface area contributed by atoms with Crippen LogP contribution in [0.2, 0.25) is 0 Å². The van der Waals surface area contributed by atoms with Crippen LogP contribution in [0.3, 0.4) is 0 Å². The predicted molar refractivity (Wildman–Crippen MR) is 50.4 cm³/mol. The van der Waals surface area contributed by atoms with Crippen molar-refractivity contribution < 1.29 is 4.52 Å². The molecule has 0 bridgehead atoms. The van der Waals surface area contributed by atoms with Gasteiger partial charge in [0, 0.05) is 0 Å². The standard InChI is InChI=1S/C9H16N2O2/c1-4-5(2)7(10)8-6(3)9(12)11-13-8/h5,7H,4,10H2,1-3H3,(H,11,12)/t5-,7-/m0/s1. The fraction of sp³-hybridized carbons (Fsp3) is 0.667. The maximum Gasteiger partial charge on any atom is 0.283 e. The van der Waals surface area contributed by atoms with Crippen molar-refractivity contribution in [1.82, 2.24) is 5.16 Å². The van der Waals surface area contributed by atoms with Gasteiger partial charge in [0.15, 0.2) is 5.76 Å². The van der Waals surface area contributed by atoms with Crippen LogP contribution in [0, 0.1) is 12.8 Å². The van der Waals surface area contributed by atoms with Crippen molar-refractivity contribution in [1.29, 1.82) is 0 Å². The molecule has 0 aliphatic carbocycles. The highest BCUT2D eigenvalue weighted by Gasteiger charge is 2.20. The van der Waals surface area contributed by atoms with Crippen LogP contribution in [0.1, 0.15) is 37.6 Å². The van der Waals surface area contributed by atoms with Gasteiger partial charge in [-0.2, -0.15) is 5.16 Å². The fourth-order valence-electron chi connectivity index (χ4n) is 1.20. The quantitative estimate of drug-likeness (QED) is 0.744. The van der Waals surface area contributed by atoms with Crippen LogP contribution in [-0.4, -0.2) is 5.16 Å². The number of nitrogens with two attached hydrogens (primary N) is 1. The molecule has 4 heteroatoms. The topological polar surface area (TPSA) is 72.0 Å². The van der Waals surface area contributed by atoms with Gasteiger partial charge < -0.3 is 10.3 Å². The molecule has 0 saturated carbocycles. The van der Waals surface area contributed by atoms with E-state index in [1.165, 1.54) is 0 Å². The molecule has 0 fully saturated rings. The summed E-state index contributed by atoms with van der Waals surface area (Å²) in [6.45, 7) is 5.82. The second kappa shape index (κ2) is 3.79. The highest BCUT2D eigenvalue weighted by molar-refractivity contribution is 5.15. The first-order valence-electron chi connectivity index (χ1n) is 4.51. The van der Waals surface area contributed by atoms with E-state index < -0.39 is 0 Å². The van der Waals surface area contributed by atoms with E-state index >= 15 is 0 Å². The van der Waals surface area contributed by atoms with Crippen molar-refractivity contribution in [3.05, 3.63) is 21.7 Å². The van der Waals surface area contributed by atoms with E-state index in [9.17, 15) is 4.79 Å². The number of H-pyrrole nitrogens is 1. The number of nitrogens with one attached hydrogen (secondary N) is 1. The molecule has 13 heavy (non-hydrogen) atoms. The Morgan fingerprint density at radius 2 is 2.23 bits per heavy atom. The van der Waals surface area contributed by atoms with Gasteiger partial charge in [-0.1, -0.05) is 20.3 Å². The lowest BCUT2D eigenvalue weighted by molar-refractivity contribution is 0.316. The van der Waals surface area contributed by atoms with Gasteiger partial charge in [0.25, 0.3) is 5.56 Å². The van der Waals surface area contributed by atoms with Gasteiger partial charge in [0.05, 0.1) is 11.6 Å². The molecule has 0 saturated heterocycles. The van der Waals surface area contributed by atoms with Gasteiger partial charge in [-0.25, -0.2) is 0 Å². The summed E-state index contributed by atoms with van der Waals surface area (Å²) in [5.41, 5.74) is 6.31. The molecule has 1 aromatic rings. The van der Waals surface area contributed by atoms with Crippen LogP contribution in [0.15, 0.2) is 9.32 Å². The second-order valence-electron chi connectivity index (χ2n) is 3.43. The van der Waals surface area contributed by atoms with E-state index in [4.69, 9.17) is 10.3 Å². The Balaban J connectivity index is 2.95. The summed E-state index contributed by atoms with van der Waals surface area (Å²) in [4.78, 5) is 11.1. The third-order valence-corrected chi connectivity index (χ3v) is 2.52. The summed E-state index contributed by atoms with van der Waals surface area (Å²) in [7, 11) is 0. The van der Waals surface area contributed by atoms with E-state index in [0.717, 1.165) is 6.42 Å². The molecule has 0 spiro atoms. The van der Waals surface area contributed by atoms with E-state index in [1.54, 1.807) is 6.92 Å². The summed E-state index contributed by atoms with van der Waals surface area (Å²) < 4.78 is 5.02. The number of hydrogen-bond acceptors (Lipinski definition) is 3. The molecule has 1 heterocycles. The molecule has 0 aromatic carbocycles. The molecule has 0 aliphatic heterocycles.